The fourth-order valence-corrected chi connectivity index (χ4v) is 2.65. The van der Waals surface area contributed by atoms with E-state index in [0.717, 1.165) is 17.1 Å². The summed E-state index contributed by atoms with van der Waals surface area (Å²) in [6.07, 6.45) is 0. The second-order valence-electron chi connectivity index (χ2n) is 3.09. The second-order valence-corrected chi connectivity index (χ2v) is 5.50. The molecule has 1 heterocycles. The van der Waals surface area contributed by atoms with Gasteiger partial charge in [0.2, 0.25) is 5.13 Å². The maximum Gasteiger partial charge on any atom is 0.263 e. The summed E-state index contributed by atoms with van der Waals surface area (Å²) in [5, 5.41) is 6.97. The number of sulfonamides is 1. The first kappa shape index (κ1) is 11.0. The van der Waals surface area contributed by atoms with E-state index in [-0.39, 0.29) is 10.0 Å². The Morgan fingerprint density at radius 3 is 2.50 bits per heavy atom. The predicted molar refractivity (Wildman–Crippen MR) is 59.7 cm³/mol. The molecule has 0 unspecified atom stereocenters. The molecule has 16 heavy (non-hydrogen) atoms. The molecule has 0 saturated carbocycles. The van der Waals surface area contributed by atoms with E-state index in [1.807, 2.05) is 6.92 Å². The highest BCUT2D eigenvalue weighted by Crippen LogP contribution is 2.15. The topological polar surface area (TPSA) is 84.8 Å². The first-order valence-electron chi connectivity index (χ1n) is 4.32. The SMILES string of the molecule is Cc1ccc(S(=O)(=O)Nc2nnns2)cc1. The molecule has 0 aliphatic rings. The zero-order valence-electron chi connectivity index (χ0n) is 8.28. The van der Waals surface area contributed by atoms with Gasteiger partial charge in [0.25, 0.3) is 10.0 Å². The molecule has 0 fully saturated rings. The molecule has 8 heteroatoms. The molecule has 84 valence electrons. The molecule has 1 N–H and O–H groups in total. The predicted octanol–water partition coefficient (Wildman–Crippen LogP) is 1.04. The number of hydrogen-bond acceptors (Lipinski definition) is 6. The Kier molecular flexibility index (Phi) is 2.84. The Morgan fingerprint density at radius 1 is 1.25 bits per heavy atom. The normalized spacial score (nSPS) is 11.3. The van der Waals surface area contributed by atoms with E-state index < -0.39 is 10.0 Å². The van der Waals surface area contributed by atoms with Gasteiger partial charge in [-0.1, -0.05) is 27.3 Å². The van der Waals surface area contributed by atoms with Gasteiger partial charge in [-0.2, -0.15) is 0 Å². The summed E-state index contributed by atoms with van der Waals surface area (Å²) >= 11 is 0.885. The van der Waals surface area contributed by atoms with Crippen LogP contribution in [0.2, 0.25) is 0 Å². The van der Waals surface area contributed by atoms with Crippen LogP contribution in [0.5, 0.6) is 0 Å². The van der Waals surface area contributed by atoms with Crippen molar-refractivity contribution in [1.82, 2.24) is 14.8 Å². The number of aromatic nitrogens is 3. The molecule has 0 atom stereocenters. The molecule has 1 aromatic carbocycles. The number of rotatable bonds is 3. The first-order chi connectivity index (χ1) is 7.58. The summed E-state index contributed by atoms with van der Waals surface area (Å²) in [4.78, 5) is 0.188. The Hall–Kier alpha value is -1.54. The van der Waals surface area contributed by atoms with Gasteiger partial charge in [-0.15, -0.1) is 0 Å². The van der Waals surface area contributed by atoms with Crippen molar-refractivity contribution in [2.45, 2.75) is 11.8 Å². The summed E-state index contributed by atoms with van der Waals surface area (Å²) in [5.41, 5.74) is 0.997. The van der Waals surface area contributed by atoms with Crippen LogP contribution in [-0.4, -0.2) is 23.2 Å². The van der Waals surface area contributed by atoms with Crippen molar-refractivity contribution in [1.29, 1.82) is 0 Å². The minimum absolute atomic E-state index is 0.153. The zero-order chi connectivity index (χ0) is 11.6. The van der Waals surface area contributed by atoms with Crippen LogP contribution in [-0.2, 0) is 10.0 Å². The van der Waals surface area contributed by atoms with Crippen molar-refractivity contribution in [2.24, 2.45) is 0 Å². The lowest BCUT2D eigenvalue weighted by atomic mass is 10.2. The van der Waals surface area contributed by atoms with Gasteiger partial charge in [-0.25, -0.2) is 8.42 Å². The fraction of sp³-hybridized carbons (Fsp3) is 0.125. The molecule has 2 rings (SSSR count). The van der Waals surface area contributed by atoms with Gasteiger partial charge in [-0.3, -0.25) is 4.72 Å². The maximum absolute atomic E-state index is 11.8. The van der Waals surface area contributed by atoms with Gasteiger partial charge in [0.1, 0.15) is 0 Å². The average Bonchev–Trinajstić information content (AvgIpc) is 2.70. The van der Waals surface area contributed by atoms with Gasteiger partial charge >= 0.3 is 0 Å². The quantitative estimate of drug-likeness (QED) is 0.887. The molecule has 0 amide bonds. The third kappa shape index (κ3) is 2.34. The highest BCUT2D eigenvalue weighted by molar-refractivity contribution is 7.93. The molecule has 0 saturated heterocycles. The summed E-state index contributed by atoms with van der Waals surface area (Å²) in [5.74, 6) is 0. The minimum atomic E-state index is -3.58. The molecular weight excluding hydrogens is 248 g/mol. The largest absolute Gasteiger partial charge is 0.263 e. The van der Waals surface area contributed by atoms with Gasteiger partial charge < -0.3 is 0 Å². The van der Waals surface area contributed by atoms with Crippen LogP contribution in [0.1, 0.15) is 5.56 Å². The van der Waals surface area contributed by atoms with Crippen molar-refractivity contribution in [3.05, 3.63) is 29.8 Å². The average molecular weight is 256 g/mol. The first-order valence-corrected chi connectivity index (χ1v) is 6.58. The minimum Gasteiger partial charge on any atom is -0.252 e. The Morgan fingerprint density at radius 2 is 1.94 bits per heavy atom. The highest BCUT2D eigenvalue weighted by Gasteiger charge is 2.15. The third-order valence-electron chi connectivity index (χ3n) is 1.85. The van der Waals surface area contributed by atoms with Crippen LogP contribution in [0, 0.1) is 6.92 Å². The highest BCUT2D eigenvalue weighted by atomic mass is 32.2. The van der Waals surface area contributed by atoms with Crippen LogP contribution >= 0.6 is 11.5 Å². The van der Waals surface area contributed by atoms with E-state index in [9.17, 15) is 8.42 Å². The van der Waals surface area contributed by atoms with E-state index in [2.05, 4.69) is 19.5 Å². The Labute approximate surface area is 96.5 Å². The smallest absolute Gasteiger partial charge is 0.252 e. The lowest BCUT2D eigenvalue weighted by Gasteiger charge is -2.03. The van der Waals surface area contributed by atoms with Crippen LogP contribution in [0.4, 0.5) is 5.13 Å². The number of hydrogen-bond donors (Lipinski definition) is 1. The van der Waals surface area contributed by atoms with Crippen LogP contribution in [0.25, 0.3) is 0 Å². The summed E-state index contributed by atoms with van der Waals surface area (Å²) in [7, 11) is -3.58. The fourth-order valence-electron chi connectivity index (χ4n) is 1.06. The van der Waals surface area contributed by atoms with Crippen molar-refractivity contribution in [3.63, 3.8) is 0 Å². The summed E-state index contributed by atoms with van der Waals surface area (Å²) < 4.78 is 29.4. The third-order valence-corrected chi connectivity index (χ3v) is 3.85. The molecule has 1 aromatic heterocycles. The van der Waals surface area contributed by atoms with Crippen LogP contribution in [0.15, 0.2) is 29.2 Å². The molecule has 0 bridgehead atoms. The number of aryl methyl sites for hydroxylation is 1. The lowest BCUT2D eigenvalue weighted by molar-refractivity contribution is 0.601. The zero-order valence-corrected chi connectivity index (χ0v) is 9.92. The second kappa shape index (κ2) is 4.14. The molecule has 6 nitrogen and oxygen atoms in total. The van der Waals surface area contributed by atoms with Gasteiger partial charge in [0.15, 0.2) is 0 Å². The molecule has 0 radical (unpaired) electrons. The number of anilines is 1. The molecule has 0 spiro atoms. The standard InChI is InChI=1S/C8H8N4O2S2/c1-6-2-4-7(5-3-6)16(13,14)10-8-9-11-12-15-8/h2-5H,1H3,(H,9,10,12). The van der Waals surface area contributed by atoms with E-state index in [1.165, 1.54) is 12.1 Å². The molecular formula is C8H8N4O2S2. The molecule has 0 aliphatic heterocycles. The summed E-state index contributed by atoms with van der Waals surface area (Å²) in [6, 6.07) is 6.53. The number of nitrogens with zero attached hydrogens (tertiary/aromatic N) is 3. The Balaban J connectivity index is 2.29. The van der Waals surface area contributed by atoms with E-state index >= 15 is 0 Å². The van der Waals surface area contributed by atoms with Gasteiger partial charge in [-0.05, 0) is 24.3 Å². The van der Waals surface area contributed by atoms with Crippen LogP contribution in [0.3, 0.4) is 0 Å². The van der Waals surface area contributed by atoms with E-state index in [0.29, 0.717) is 0 Å². The Bertz CT molecular complexity index is 563. The van der Waals surface area contributed by atoms with Crippen molar-refractivity contribution in [2.75, 3.05) is 4.72 Å². The number of nitrogens with one attached hydrogen (secondary N) is 1. The van der Waals surface area contributed by atoms with E-state index in [1.54, 1.807) is 12.1 Å². The monoisotopic (exact) mass is 256 g/mol. The molecule has 2 aromatic rings. The van der Waals surface area contributed by atoms with Crippen LogP contribution < -0.4 is 4.72 Å². The van der Waals surface area contributed by atoms with Gasteiger partial charge in [0, 0.05) is 11.5 Å². The number of benzene rings is 1. The summed E-state index contributed by atoms with van der Waals surface area (Å²) in [6.45, 7) is 1.89. The van der Waals surface area contributed by atoms with Crippen molar-refractivity contribution < 1.29 is 8.42 Å². The van der Waals surface area contributed by atoms with E-state index in [4.69, 9.17) is 0 Å². The maximum atomic E-state index is 11.8. The lowest BCUT2D eigenvalue weighted by Crippen LogP contribution is -2.12. The van der Waals surface area contributed by atoms with Crippen molar-refractivity contribution in [3.8, 4) is 0 Å². The van der Waals surface area contributed by atoms with Crippen molar-refractivity contribution >= 4 is 26.7 Å². The van der Waals surface area contributed by atoms with Gasteiger partial charge in [0.05, 0.1) is 4.90 Å². The molecule has 0 aliphatic carbocycles.